The predicted molar refractivity (Wildman–Crippen MR) is 90.0 cm³/mol. The third-order valence-electron chi connectivity index (χ3n) is 2.78. The van der Waals surface area contributed by atoms with Crippen LogP contribution in [0.3, 0.4) is 0 Å². The second kappa shape index (κ2) is 7.83. The summed E-state index contributed by atoms with van der Waals surface area (Å²) >= 11 is 3.67. The van der Waals surface area contributed by atoms with Crippen molar-refractivity contribution in [2.75, 3.05) is 7.11 Å². The van der Waals surface area contributed by atoms with Crippen LogP contribution in [-0.2, 0) is 20.5 Å². The Morgan fingerprint density at radius 2 is 2.12 bits per heavy atom. The van der Waals surface area contributed by atoms with Gasteiger partial charge in [0, 0.05) is 16.1 Å². The number of nitrogens with one attached hydrogen (secondary N) is 1. The molecule has 0 saturated carbocycles. The van der Waals surface area contributed by atoms with Gasteiger partial charge in [0.1, 0.15) is 0 Å². The van der Waals surface area contributed by atoms with Gasteiger partial charge in [-0.1, -0.05) is 28.1 Å². The summed E-state index contributed by atoms with van der Waals surface area (Å²) in [5, 5.41) is 9.57. The fourth-order valence-corrected chi connectivity index (χ4v) is 3.08. The summed E-state index contributed by atoms with van der Waals surface area (Å²) in [7, 11) is 1.16. The summed E-state index contributed by atoms with van der Waals surface area (Å²) in [5.74, 6) is -1.30. The maximum Gasteiger partial charge on any atom is 0.418 e. The number of amides is 1. The van der Waals surface area contributed by atoms with Crippen molar-refractivity contribution in [1.29, 1.82) is 0 Å². The number of carbonyl (C=O) groups is 2. The van der Waals surface area contributed by atoms with Gasteiger partial charge in [-0.25, -0.2) is 4.79 Å². The monoisotopic (exact) mass is 435 g/mol. The molecule has 0 atom stereocenters. The Balaban J connectivity index is 2.21. The molecule has 6 nitrogen and oxygen atoms in total. The zero-order valence-corrected chi connectivity index (χ0v) is 14.8. The number of hydrogen-bond acceptors (Lipinski definition) is 6. The Morgan fingerprint density at radius 3 is 2.76 bits per heavy atom. The quantitative estimate of drug-likeness (QED) is 0.342. The number of ether oxygens (including phenoxy) is 1. The van der Waals surface area contributed by atoms with E-state index in [4.69, 9.17) is 0 Å². The van der Waals surface area contributed by atoms with Crippen molar-refractivity contribution in [3.05, 3.63) is 44.8 Å². The third kappa shape index (κ3) is 4.92. The first kappa shape index (κ1) is 19.2. The molecule has 1 amide bonds. The second-order valence-electron chi connectivity index (χ2n) is 4.44. The predicted octanol–water partition coefficient (Wildman–Crippen LogP) is 3.08. The summed E-state index contributed by atoms with van der Waals surface area (Å²) in [6.45, 7) is 0. The van der Waals surface area contributed by atoms with Crippen LogP contribution in [0.2, 0.25) is 0 Å². The van der Waals surface area contributed by atoms with Gasteiger partial charge in [-0.2, -0.15) is 18.3 Å². The van der Waals surface area contributed by atoms with E-state index in [1.807, 2.05) is 0 Å². The highest BCUT2D eigenvalue weighted by Gasteiger charge is 2.35. The van der Waals surface area contributed by atoms with E-state index in [0.29, 0.717) is 0 Å². The van der Waals surface area contributed by atoms with Gasteiger partial charge in [0.15, 0.2) is 5.17 Å². The molecular formula is C14H9BrF3N3O3S. The Bertz CT molecular complexity index is 806. The molecule has 0 radical (unpaired) electrons. The van der Waals surface area contributed by atoms with Crippen LogP contribution in [0.4, 0.5) is 13.2 Å². The van der Waals surface area contributed by atoms with E-state index in [9.17, 15) is 22.8 Å². The van der Waals surface area contributed by atoms with Gasteiger partial charge < -0.3 is 4.74 Å². The Hall–Kier alpha value is -2.14. The van der Waals surface area contributed by atoms with Crippen molar-refractivity contribution >= 4 is 51.0 Å². The number of carbonyl (C=O) groups excluding carboxylic acids is 2. The molecular weight excluding hydrogens is 427 g/mol. The lowest BCUT2D eigenvalue weighted by molar-refractivity contribution is -0.138. The highest BCUT2D eigenvalue weighted by Crippen LogP contribution is 2.36. The van der Waals surface area contributed by atoms with E-state index >= 15 is 0 Å². The molecule has 0 bridgehead atoms. The van der Waals surface area contributed by atoms with Crippen LogP contribution in [-0.4, -0.2) is 30.4 Å². The Kier molecular flexibility index (Phi) is 6.01. The highest BCUT2D eigenvalue weighted by atomic mass is 79.9. The average Bonchev–Trinajstić information content (AvgIpc) is 2.85. The van der Waals surface area contributed by atoms with Crippen molar-refractivity contribution < 1.29 is 27.5 Å². The molecule has 1 N–H and O–H groups in total. The minimum Gasteiger partial charge on any atom is -0.466 e. The first-order valence-electron chi connectivity index (χ1n) is 6.48. The number of halogens is 4. The lowest BCUT2D eigenvalue weighted by atomic mass is 10.1. The van der Waals surface area contributed by atoms with E-state index in [0.717, 1.165) is 31.2 Å². The van der Waals surface area contributed by atoms with Crippen molar-refractivity contribution in [2.45, 2.75) is 6.18 Å². The van der Waals surface area contributed by atoms with Gasteiger partial charge in [-0.15, -0.1) is 5.10 Å². The largest absolute Gasteiger partial charge is 0.466 e. The summed E-state index contributed by atoms with van der Waals surface area (Å²) in [6.07, 6.45) is -2.67. The molecule has 1 aliphatic rings. The fourth-order valence-electron chi connectivity index (χ4n) is 1.73. The molecule has 132 valence electrons. The van der Waals surface area contributed by atoms with Crippen molar-refractivity contribution in [3.8, 4) is 0 Å². The normalized spacial score (nSPS) is 18.2. The molecule has 1 fully saturated rings. The zero-order valence-electron chi connectivity index (χ0n) is 12.4. The molecule has 11 heteroatoms. The number of nitrogens with zero attached hydrogens (tertiary/aromatic N) is 2. The maximum absolute atomic E-state index is 13.1. The van der Waals surface area contributed by atoms with Crippen LogP contribution in [0, 0.1) is 0 Å². The number of benzene rings is 1. The summed E-state index contributed by atoms with van der Waals surface area (Å²) in [6, 6.07) is 3.93. The number of hydrogen-bond donors (Lipinski definition) is 1. The third-order valence-corrected chi connectivity index (χ3v) is 4.34. The molecule has 1 heterocycles. The number of amidine groups is 1. The van der Waals surface area contributed by atoms with Crippen molar-refractivity contribution in [1.82, 2.24) is 5.32 Å². The SMILES string of the molecule is COC(=O)/C=C1/S/C(=N\N=Cc2cccc(Br)c2C(F)(F)F)NC1=O. The summed E-state index contributed by atoms with van der Waals surface area (Å²) in [4.78, 5) is 22.8. The highest BCUT2D eigenvalue weighted by molar-refractivity contribution is 9.10. The molecule has 25 heavy (non-hydrogen) atoms. The zero-order chi connectivity index (χ0) is 18.6. The van der Waals surface area contributed by atoms with Gasteiger partial charge in [0.25, 0.3) is 5.91 Å². The van der Waals surface area contributed by atoms with Crippen LogP contribution >= 0.6 is 27.7 Å². The lowest BCUT2D eigenvalue weighted by Crippen LogP contribution is -2.19. The van der Waals surface area contributed by atoms with Crippen LogP contribution in [0.25, 0.3) is 0 Å². The molecule has 1 aromatic carbocycles. The molecule has 0 aliphatic carbocycles. The molecule has 0 spiro atoms. The number of esters is 1. The Labute approximate surface area is 152 Å². The molecule has 0 unspecified atom stereocenters. The van der Waals surface area contributed by atoms with Crippen LogP contribution in [0.5, 0.6) is 0 Å². The van der Waals surface area contributed by atoms with Crippen LogP contribution < -0.4 is 5.32 Å². The number of rotatable bonds is 3. The van der Waals surface area contributed by atoms with Crippen LogP contribution in [0.1, 0.15) is 11.1 Å². The summed E-state index contributed by atoms with van der Waals surface area (Å²) < 4.78 is 43.4. The molecule has 1 saturated heterocycles. The maximum atomic E-state index is 13.1. The molecule has 1 aromatic rings. The number of thioether (sulfide) groups is 1. The van der Waals surface area contributed by atoms with Gasteiger partial charge in [-0.3, -0.25) is 10.1 Å². The summed E-state index contributed by atoms with van der Waals surface area (Å²) in [5.41, 5.74) is -1.07. The minimum atomic E-state index is -4.57. The first-order chi connectivity index (χ1) is 11.7. The number of alkyl halides is 3. The van der Waals surface area contributed by atoms with E-state index < -0.39 is 23.6 Å². The Morgan fingerprint density at radius 1 is 1.40 bits per heavy atom. The topological polar surface area (TPSA) is 80.1 Å². The molecule has 1 aliphatic heterocycles. The first-order valence-corrected chi connectivity index (χ1v) is 8.09. The van der Waals surface area contributed by atoms with Gasteiger partial charge in [0.05, 0.1) is 23.8 Å². The van der Waals surface area contributed by atoms with E-state index in [2.05, 4.69) is 36.2 Å². The van der Waals surface area contributed by atoms with Gasteiger partial charge >= 0.3 is 12.1 Å². The smallest absolute Gasteiger partial charge is 0.418 e. The van der Waals surface area contributed by atoms with Gasteiger partial charge in [-0.05, 0) is 17.8 Å². The lowest BCUT2D eigenvalue weighted by Gasteiger charge is -2.11. The van der Waals surface area contributed by atoms with E-state index in [1.54, 1.807) is 0 Å². The van der Waals surface area contributed by atoms with Crippen LogP contribution in [0.15, 0.2) is 43.9 Å². The van der Waals surface area contributed by atoms with Crippen molar-refractivity contribution in [3.63, 3.8) is 0 Å². The molecule has 0 aromatic heterocycles. The van der Waals surface area contributed by atoms with E-state index in [-0.39, 0.29) is 20.1 Å². The van der Waals surface area contributed by atoms with Crippen molar-refractivity contribution in [2.24, 2.45) is 10.2 Å². The second-order valence-corrected chi connectivity index (χ2v) is 6.32. The van der Waals surface area contributed by atoms with Gasteiger partial charge in [0.2, 0.25) is 0 Å². The standard InChI is InChI=1S/C14H9BrF3N3O3S/c1-24-10(22)5-9-12(23)20-13(25-9)21-19-6-7-3-2-4-8(15)11(7)14(16,17)18/h2-6H,1H3,(H,20,21,23)/b9-5+,19-6?. The average molecular weight is 436 g/mol. The minimum absolute atomic E-state index is 0.0277. The fraction of sp³-hybridized carbons (Fsp3) is 0.143. The van der Waals surface area contributed by atoms with E-state index in [1.165, 1.54) is 18.2 Å². The number of methoxy groups -OCH3 is 1. The molecule has 2 rings (SSSR count).